The van der Waals surface area contributed by atoms with E-state index in [1.54, 1.807) is 0 Å². The average molecular weight is 417 g/mol. The maximum absolute atomic E-state index is 2.31. The molecule has 29 heavy (non-hydrogen) atoms. The van der Waals surface area contributed by atoms with E-state index >= 15 is 0 Å². The Bertz CT molecular complexity index is 328. The molecule has 0 bridgehead atoms. The predicted octanol–water partition coefficient (Wildman–Crippen LogP) is 5.99. The van der Waals surface area contributed by atoms with Crippen molar-refractivity contribution in [2.45, 2.75) is 62.8 Å². The fourth-order valence-corrected chi connectivity index (χ4v) is 2.24. The van der Waals surface area contributed by atoms with E-state index in [1.165, 1.54) is 26.1 Å². The van der Waals surface area contributed by atoms with Crippen LogP contribution >= 0.6 is 0 Å². The third-order valence-corrected chi connectivity index (χ3v) is 3.96. The highest BCUT2D eigenvalue weighted by atomic mass is 15.1. The molecule has 0 aliphatic carbocycles. The third kappa shape index (κ3) is 29.3. The largest absolute Gasteiger partial charge is 0.380 e. The maximum atomic E-state index is 2.31. The molecular weight excluding hydrogens is 356 g/mol. The van der Waals surface area contributed by atoms with E-state index in [0.29, 0.717) is 0 Å². The molecule has 0 fully saturated rings. The quantitative estimate of drug-likeness (QED) is 0.558. The van der Waals surface area contributed by atoms with E-state index in [4.69, 9.17) is 0 Å². The molecule has 0 saturated carbocycles. The summed E-state index contributed by atoms with van der Waals surface area (Å²) < 4.78 is 0. The summed E-state index contributed by atoms with van der Waals surface area (Å²) in [5, 5.41) is 0. The molecule has 2 aliphatic heterocycles. The maximum Gasteiger partial charge on any atom is 0.0233 e. The lowest BCUT2D eigenvalue weighted by Gasteiger charge is -2.14. The number of hydrogen-bond acceptors (Lipinski definition) is 4. The number of rotatable bonds is 4. The summed E-state index contributed by atoms with van der Waals surface area (Å²) in [7, 11) is 12.6. The second-order valence-electron chi connectivity index (χ2n) is 7.29. The van der Waals surface area contributed by atoms with E-state index in [-0.39, 0.29) is 14.9 Å². The molecule has 2 unspecified atom stereocenters. The van der Waals surface area contributed by atoms with Gasteiger partial charge in [0, 0.05) is 27.2 Å². The fraction of sp³-hybridized carbons (Fsp3) is 0.840. The molecule has 4 nitrogen and oxygen atoms in total. The van der Waals surface area contributed by atoms with Crippen molar-refractivity contribution in [2.75, 3.05) is 68.5 Å². The molecule has 0 amide bonds. The summed E-state index contributed by atoms with van der Waals surface area (Å²) in [6.07, 6.45) is 10.1. The van der Waals surface area contributed by atoms with Crippen molar-refractivity contribution in [2.24, 2.45) is 11.8 Å². The molecule has 0 aromatic heterocycles. The van der Waals surface area contributed by atoms with Gasteiger partial charge in [0.25, 0.3) is 0 Å². The minimum absolute atomic E-state index is 0. The minimum Gasteiger partial charge on any atom is -0.380 e. The van der Waals surface area contributed by atoms with E-state index in [2.05, 4.69) is 100 Å². The van der Waals surface area contributed by atoms with Crippen LogP contribution in [0.4, 0.5) is 0 Å². The Hall–Kier alpha value is -1.00. The Morgan fingerprint density at radius 3 is 1.41 bits per heavy atom. The molecule has 2 heterocycles. The van der Waals surface area contributed by atoms with Gasteiger partial charge in [-0.3, -0.25) is 0 Å². The van der Waals surface area contributed by atoms with Gasteiger partial charge in [0.15, 0.2) is 0 Å². The van der Waals surface area contributed by atoms with Crippen LogP contribution in [-0.2, 0) is 0 Å². The summed E-state index contributed by atoms with van der Waals surface area (Å²) in [5.74, 6) is 1.55. The van der Waals surface area contributed by atoms with Crippen molar-refractivity contribution >= 4 is 0 Å². The van der Waals surface area contributed by atoms with Gasteiger partial charge in [-0.15, -0.1) is 0 Å². The monoisotopic (exact) mass is 416 g/mol. The van der Waals surface area contributed by atoms with Gasteiger partial charge in [-0.05, 0) is 71.9 Å². The molecule has 2 rings (SSSR count). The Labute approximate surface area is 187 Å². The van der Waals surface area contributed by atoms with Gasteiger partial charge >= 0.3 is 0 Å². The molecule has 0 N–H and O–H groups in total. The average Bonchev–Trinajstić information content (AvgIpc) is 3.25. The Morgan fingerprint density at radius 1 is 0.793 bits per heavy atom. The smallest absolute Gasteiger partial charge is 0.0233 e. The summed E-state index contributed by atoms with van der Waals surface area (Å²) in [4.78, 5) is 8.82. The Kier molecular flexibility index (Phi) is 35.9. The van der Waals surface area contributed by atoms with Crippen molar-refractivity contribution in [3.8, 4) is 0 Å². The van der Waals surface area contributed by atoms with E-state index < -0.39 is 0 Å². The summed E-state index contributed by atoms with van der Waals surface area (Å²) in [5.41, 5.74) is 0. The second-order valence-corrected chi connectivity index (χ2v) is 7.29. The second kappa shape index (κ2) is 27.0. The van der Waals surface area contributed by atoms with Crippen LogP contribution < -0.4 is 0 Å². The zero-order valence-corrected chi connectivity index (χ0v) is 20.8. The lowest BCUT2D eigenvalue weighted by atomic mass is 10.1. The standard InChI is InChI=1S/C9H18N2.C6H11N.C4H11N.2C2H6.2CH4/c1-10(2)6-4-9-5-7-11(3)8-9;1-6-3-4-7(2)5-6;1-4-5(2)3;2*1-2;;/h5,7,9H,4,6,8H2,1-3H3;3-4,6H,5H2,1-2H3;4H2,1-3H3;2*1-2H3;2*1H4. The zero-order chi connectivity index (χ0) is 21.8. The van der Waals surface area contributed by atoms with Gasteiger partial charge in [-0.2, -0.15) is 0 Å². The first-order chi connectivity index (χ1) is 12.7. The van der Waals surface area contributed by atoms with Gasteiger partial charge in [0.2, 0.25) is 0 Å². The number of nitrogens with zero attached hydrogens (tertiary/aromatic N) is 4. The van der Waals surface area contributed by atoms with Gasteiger partial charge in [-0.1, -0.05) is 68.5 Å². The van der Waals surface area contributed by atoms with Crippen molar-refractivity contribution in [1.29, 1.82) is 0 Å². The molecule has 0 saturated heterocycles. The Balaban J connectivity index is -0.0000000936. The van der Waals surface area contributed by atoms with Crippen molar-refractivity contribution in [3.63, 3.8) is 0 Å². The van der Waals surface area contributed by atoms with Crippen LogP contribution in [0.3, 0.4) is 0 Å². The summed E-state index contributed by atoms with van der Waals surface area (Å²) in [6.45, 7) is 17.1. The van der Waals surface area contributed by atoms with Crippen molar-refractivity contribution in [1.82, 2.24) is 19.6 Å². The molecule has 0 radical (unpaired) electrons. The fourth-order valence-electron chi connectivity index (χ4n) is 2.24. The van der Waals surface area contributed by atoms with Crippen LogP contribution in [0.5, 0.6) is 0 Å². The highest BCUT2D eigenvalue weighted by Crippen LogP contribution is 2.13. The first-order valence-corrected chi connectivity index (χ1v) is 10.8. The molecule has 4 heteroatoms. The molecule has 0 spiro atoms. The lowest BCUT2D eigenvalue weighted by Crippen LogP contribution is -2.19. The van der Waals surface area contributed by atoms with Gasteiger partial charge < -0.3 is 19.6 Å². The topological polar surface area (TPSA) is 13.0 Å². The normalized spacial score (nSPS) is 18.1. The zero-order valence-electron chi connectivity index (χ0n) is 20.8. The molecule has 2 atom stereocenters. The molecule has 180 valence electrons. The van der Waals surface area contributed by atoms with Crippen LogP contribution in [0.15, 0.2) is 24.6 Å². The van der Waals surface area contributed by atoms with Crippen molar-refractivity contribution < 1.29 is 0 Å². The van der Waals surface area contributed by atoms with Gasteiger partial charge in [-0.25, -0.2) is 0 Å². The first-order valence-electron chi connectivity index (χ1n) is 10.8. The van der Waals surface area contributed by atoms with Gasteiger partial charge in [0.1, 0.15) is 0 Å². The third-order valence-electron chi connectivity index (χ3n) is 3.96. The minimum atomic E-state index is 0. The predicted molar refractivity (Wildman–Crippen MR) is 140 cm³/mol. The van der Waals surface area contributed by atoms with Crippen LogP contribution in [0.2, 0.25) is 0 Å². The van der Waals surface area contributed by atoms with Crippen LogP contribution in [-0.4, -0.2) is 88.1 Å². The van der Waals surface area contributed by atoms with Gasteiger partial charge in [0.05, 0.1) is 0 Å². The first kappa shape index (κ1) is 38.6. The summed E-state index contributed by atoms with van der Waals surface area (Å²) >= 11 is 0. The number of hydrogen-bond donors (Lipinski definition) is 0. The van der Waals surface area contributed by atoms with Crippen molar-refractivity contribution in [3.05, 3.63) is 24.6 Å². The molecule has 2 aliphatic rings. The van der Waals surface area contributed by atoms with E-state index in [1.807, 2.05) is 27.7 Å². The Morgan fingerprint density at radius 2 is 1.21 bits per heavy atom. The van der Waals surface area contributed by atoms with Crippen LogP contribution in [0, 0.1) is 11.8 Å². The molecule has 0 aromatic rings. The van der Waals surface area contributed by atoms with Crippen LogP contribution in [0.25, 0.3) is 0 Å². The highest BCUT2D eigenvalue weighted by molar-refractivity contribution is 4.96. The van der Waals surface area contributed by atoms with E-state index in [9.17, 15) is 0 Å². The lowest BCUT2D eigenvalue weighted by molar-refractivity contribution is 0.350. The highest BCUT2D eigenvalue weighted by Gasteiger charge is 2.12. The summed E-state index contributed by atoms with van der Waals surface area (Å²) in [6, 6.07) is 0. The van der Waals surface area contributed by atoms with E-state index in [0.717, 1.165) is 18.4 Å². The van der Waals surface area contributed by atoms with Crippen LogP contribution in [0.1, 0.15) is 62.8 Å². The SMILES string of the molecule is C.C.CC.CC.CC1C=CN(C)C1.CCN(C)C.CN(C)CCC1C=CN(C)C1. The molecular formula is C25H60N4. The molecule has 0 aromatic carbocycles.